The Kier molecular flexibility index (Phi) is 4.94. The van der Waals surface area contributed by atoms with Gasteiger partial charge in [0, 0.05) is 10.7 Å². The number of nitrogens with zero attached hydrogens (tertiary/aromatic N) is 1. The molecule has 0 amide bonds. The molecule has 78 valence electrons. The maximum Gasteiger partial charge on any atom is 0.138 e. The topological polar surface area (TPSA) is 22.1 Å². The minimum atomic E-state index is 0.749. The van der Waals surface area contributed by atoms with Crippen LogP contribution < -0.4 is 4.74 Å². The van der Waals surface area contributed by atoms with Gasteiger partial charge in [-0.15, -0.1) is 0 Å². The number of ether oxygens (including phenoxy) is 1. The van der Waals surface area contributed by atoms with Gasteiger partial charge in [-0.1, -0.05) is 13.8 Å². The number of hydrogen-bond acceptors (Lipinski definition) is 2. The summed E-state index contributed by atoms with van der Waals surface area (Å²) in [5, 5.41) is 0. The zero-order valence-electron chi connectivity index (χ0n) is 8.66. The normalized spacial score (nSPS) is 10.6. The van der Waals surface area contributed by atoms with Crippen LogP contribution in [0.4, 0.5) is 0 Å². The Morgan fingerprint density at radius 2 is 2.21 bits per heavy atom. The number of hydrogen-bond donors (Lipinski definition) is 0. The lowest BCUT2D eigenvalue weighted by Gasteiger charge is -2.07. The molecule has 0 aliphatic heterocycles. The third kappa shape index (κ3) is 4.61. The average Bonchev–Trinajstić information content (AvgIpc) is 2.12. The Morgan fingerprint density at radius 3 is 2.86 bits per heavy atom. The molecule has 0 unspecified atom stereocenters. The minimum Gasteiger partial charge on any atom is -0.492 e. The molecule has 1 rings (SSSR count). The molecule has 0 aliphatic carbocycles. The van der Waals surface area contributed by atoms with Crippen LogP contribution in [0.3, 0.4) is 0 Å². The molecule has 2 nitrogen and oxygen atoms in total. The molecular weight excluding hydrogens is 242 g/mol. The Balaban J connectivity index is 2.25. The average molecular weight is 258 g/mol. The van der Waals surface area contributed by atoms with Crippen LogP contribution in [-0.4, -0.2) is 11.6 Å². The Bertz CT molecular complexity index is 276. The van der Waals surface area contributed by atoms with Crippen molar-refractivity contribution in [1.82, 2.24) is 4.98 Å². The van der Waals surface area contributed by atoms with E-state index in [4.69, 9.17) is 4.74 Å². The fourth-order valence-corrected chi connectivity index (χ4v) is 1.50. The third-order valence-electron chi connectivity index (χ3n) is 1.87. The predicted octanol–water partition coefficient (Wildman–Crippen LogP) is 3.66. The lowest BCUT2D eigenvalue weighted by molar-refractivity contribution is 0.296. The van der Waals surface area contributed by atoms with Crippen molar-refractivity contribution >= 4 is 15.9 Å². The lowest BCUT2D eigenvalue weighted by Crippen LogP contribution is -1.99. The van der Waals surface area contributed by atoms with E-state index in [2.05, 4.69) is 34.8 Å². The summed E-state index contributed by atoms with van der Waals surface area (Å²) in [5.74, 6) is 1.59. The van der Waals surface area contributed by atoms with Crippen molar-refractivity contribution < 1.29 is 4.74 Å². The van der Waals surface area contributed by atoms with Crippen LogP contribution in [-0.2, 0) is 0 Å². The molecule has 0 N–H and O–H groups in total. The van der Waals surface area contributed by atoms with Crippen LogP contribution in [0, 0.1) is 5.92 Å². The minimum absolute atomic E-state index is 0.749. The van der Waals surface area contributed by atoms with Crippen molar-refractivity contribution in [2.75, 3.05) is 6.61 Å². The summed E-state index contributed by atoms with van der Waals surface area (Å²) in [5.41, 5.74) is 0. The molecule has 0 radical (unpaired) electrons. The van der Waals surface area contributed by atoms with Gasteiger partial charge in [-0.3, -0.25) is 4.98 Å². The summed E-state index contributed by atoms with van der Waals surface area (Å²) < 4.78 is 6.50. The maximum atomic E-state index is 5.54. The van der Waals surface area contributed by atoms with Crippen molar-refractivity contribution in [3.63, 3.8) is 0 Å². The Morgan fingerprint density at radius 1 is 1.43 bits per heavy atom. The highest BCUT2D eigenvalue weighted by atomic mass is 79.9. The molecule has 0 spiro atoms. The molecule has 1 aromatic rings. The molecule has 0 fully saturated rings. The molecule has 1 heterocycles. The number of halogens is 1. The van der Waals surface area contributed by atoms with Gasteiger partial charge >= 0.3 is 0 Å². The number of pyridine rings is 1. The SMILES string of the molecule is CC(C)CCCOc1cncc(Br)c1. The molecule has 14 heavy (non-hydrogen) atoms. The number of aromatic nitrogens is 1. The predicted molar refractivity (Wildman–Crippen MR) is 61.5 cm³/mol. The molecule has 0 aromatic carbocycles. The zero-order valence-corrected chi connectivity index (χ0v) is 10.3. The van der Waals surface area contributed by atoms with Crippen molar-refractivity contribution in [2.24, 2.45) is 5.92 Å². The molecule has 0 aliphatic rings. The van der Waals surface area contributed by atoms with Crippen molar-refractivity contribution in [3.8, 4) is 5.75 Å². The first-order chi connectivity index (χ1) is 6.68. The van der Waals surface area contributed by atoms with E-state index in [-0.39, 0.29) is 0 Å². The first-order valence-electron chi connectivity index (χ1n) is 4.92. The second-order valence-electron chi connectivity index (χ2n) is 3.72. The lowest BCUT2D eigenvalue weighted by atomic mass is 10.1. The standard InChI is InChI=1S/C11H16BrNO/c1-9(2)4-3-5-14-11-6-10(12)7-13-8-11/h6-9H,3-5H2,1-2H3. The van der Waals surface area contributed by atoms with Gasteiger partial charge in [0.05, 0.1) is 12.8 Å². The van der Waals surface area contributed by atoms with E-state index in [9.17, 15) is 0 Å². The summed E-state index contributed by atoms with van der Waals surface area (Å²) in [6.45, 7) is 5.22. The summed E-state index contributed by atoms with van der Waals surface area (Å²) in [6, 6.07) is 1.93. The molecule has 0 atom stereocenters. The van der Waals surface area contributed by atoms with Crippen molar-refractivity contribution in [1.29, 1.82) is 0 Å². The van der Waals surface area contributed by atoms with E-state index in [0.717, 1.165) is 29.2 Å². The highest BCUT2D eigenvalue weighted by molar-refractivity contribution is 9.10. The second kappa shape index (κ2) is 6.02. The van der Waals surface area contributed by atoms with Gasteiger partial charge in [0.15, 0.2) is 0 Å². The summed E-state index contributed by atoms with van der Waals surface area (Å²) in [6.07, 6.45) is 5.80. The Labute approximate surface area is 93.8 Å². The van der Waals surface area contributed by atoms with E-state index in [1.165, 1.54) is 6.42 Å². The van der Waals surface area contributed by atoms with Gasteiger partial charge in [-0.25, -0.2) is 0 Å². The molecule has 1 aromatic heterocycles. The van der Waals surface area contributed by atoms with Crippen LogP contribution in [0.5, 0.6) is 5.75 Å². The maximum absolute atomic E-state index is 5.54. The second-order valence-corrected chi connectivity index (χ2v) is 4.64. The molecule has 3 heteroatoms. The summed E-state index contributed by atoms with van der Waals surface area (Å²) >= 11 is 3.35. The molecule has 0 bridgehead atoms. The van der Waals surface area contributed by atoms with Gasteiger partial charge in [0.25, 0.3) is 0 Å². The van der Waals surface area contributed by atoms with Crippen molar-refractivity contribution in [3.05, 3.63) is 22.9 Å². The van der Waals surface area contributed by atoms with Crippen molar-refractivity contribution in [2.45, 2.75) is 26.7 Å². The Hall–Kier alpha value is -0.570. The first kappa shape index (κ1) is 11.5. The van der Waals surface area contributed by atoms with Crippen LogP contribution in [0.1, 0.15) is 26.7 Å². The highest BCUT2D eigenvalue weighted by Crippen LogP contribution is 2.16. The molecule has 0 saturated heterocycles. The van der Waals surface area contributed by atoms with E-state index in [0.29, 0.717) is 0 Å². The first-order valence-corrected chi connectivity index (χ1v) is 5.71. The largest absolute Gasteiger partial charge is 0.492 e. The van der Waals surface area contributed by atoms with Gasteiger partial charge in [0.1, 0.15) is 5.75 Å². The summed E-state index contributed by atoms with van der Waals surface area (Å²) in [7, 11) is 0. The van der Waals surface area contributed by atoms with E-state index in [1.807, 2.05) is 6.07 Å². The van der Waals surface area contributed by atoms with Gasteiger partial charge < -0.3 is 4.74 Å². The smallest absolute Gasteiger partial charge is 0.138 e. The quantitative estimate of drug-likeness (QED) is 0.752. The molecular formula is C11H16BrNO. The zero-order chi connectivity index (χ0) is 10.4. The van der Waals surface area contributed by atoms with Gasteiger partial charge in [0.2, 0.25) is 0 Å². The fourth-order valence-electron chi connectivity index (χ4n) is 1.15. The van der Waals surface area contributed by atoms with Gasteiger partial charge in [-0.05, 0) is 40.8 Å². The van der Waals surface area contributed by atoms with E-state index in [1.54, 1.807) is 12.4 Å². The summed E-state index contributed by atoms with van der Waals surface area (Å²) in [4.78, 5) is 4.03. The molecule has 0 saturated carbocycles. The monoisotopic (exact) mass is 257 g/mol. The van der Waals surface area contributed by atoms with Crippen LogP contribution in [0.25, 0.3) is 0 Å². The van der Waals surface area contributed by atoms with Gasteiger partial charge in [-0.2, -0.15) is 0 Å². The fraction of sp³-hybridized carbons (Fsp3) is 0.545. The highest BCUT2D eigenvalue weighted by Gasteiger charge is 1.97. The van der Waals surface area contributed by atoms with Crippen LogP contribution >= 0.6 is 15.9 Å². The van der Waals surface area contributed by atoms with Crippen LogP contribution in [0.2, 0.25) is 0 Å². The third-order valence-corrected chi connectivity index (χ3v) is 2.31. The van der Waals surface area contributed by atoms with E-state index < -0.39 is 0 Å². The van der Waals surface area contributed by atoms with Crippen LogP contribution in [0.15, 0.2) is 22.9 Å². The van der Waals surface area contributed by atoms with E-state index >= 15 is 0 Å². The number of rotatable bonds is 5.